The molecule has 1 rings (SSSR count). The van der Waals surface area contributed by atoms with Crippen molar-refractivity contribution in [3.63, 3.8) is 0 Å². The fraction of sp³-hybridized carbons (Fsp3) is 0.474. The molecule has 0 heterocycles. The van der Waals surface area contributed by atoms with Gasteiger partial charge in [-0.3, -0.25) is 14.4 Å². The van der Waals surface area contributed by atoms with E-state index in [4.69, 9.17) is 14.2 Å². The third-order valence-electron chi connectivity index (χ3n) is 3.61. The Bertz CT molecular complexity index is 661. The Morgan fingerprint density at radius 2 is 1.68 bits per heavy atom. The summed E-state index contributed by atoms with van der Waals surface area (Å²) in [6, 6.07) is 7.45. The number of carbonyl (C=O) groups is 4. The minimum absolute atomic E-state index is 0.00136. The third-order valence-corrected chi connectivity index (χ3v) is 3.61. The van der Waals surface area contributed by atoms with Gasteiger partial charge in [-0.2, -0.15) is 0 Å². The van der Waals surface area contributed by atoms with E-state index in [0.717, 1.165) is 5.56 Å². The van der Waals surface area contributed by atoms with Crippen LogP contribution in [-0.4, -0.2) is 54.8 Å². The van der Waals surface area contributed by atoms with Crippen LogP contribution in [0.3, 0.4) is 0 Å². The van der Waals surface area contributed by atoms with Crippen LogP contribution >= 0.6 is 0 Å². The van der Waals surface area contributed by atoms with Crippen LogP contribution in [0.5, 0.6) is 0 Å². The Hall–Kier alpha value is -2.94. The van der Waals surface area contributed by atoms with Crippen molar-refractivity contribution in [2.24, 2.45) is 5.92 Å². The van der Waals surface area contributed by atoms with Gasteiger partial charge in [-0.25, -0.2) is 4.79 Å². The van der Waals surface area contributed by atoms with Crippen molar-refractivity contribution in [3.05, 3.63) is 35.9 Å². The van der Waals surface area contributed by atoms with Crippen LogP contribution in [0.2, 0.25) is 0 Å². The molecular formula is C19H25NO8. The Balaban J connectivity index is 2.73. The van der Waals surface area contributed by atoms with Crippen molar-refractivity contribution in [2.75, 3.05) is 19.8 Å². The molecule has 0 saturated carbocycles. The highest BCUT2D eigenvalue weighted by molar-refractivity contribution is 5.90. The molecule has 1 aromatic rings. The summed E-state index contributed by atoms with van der Waals surface area (Å²) >= 11 is 0. The smallest absolute Gasteiger partial charge is 0.327 e. The van der Waals surface area contributed by atoms with Crippen molar-refractivity contribution in [3.8, 4) is 0 Å². The van der Waals surface area contributed by atoms with Gasteiger partial charge in [-0.1, -0.05) is 30.3 Å². The van der Waals surface area contributed by atoms with Crippen molar-refractivity contribution in [1.29, 1.82) is 0 Å². The highest BCUT2D eigenvalue weighted by Crippen LogP contribution is 2.14. The summed E-state index contributed by atoms with van der Waals surface area (Å²) < 4.78 is 14.9. The zero-order valence-corrected chi connectivity index (χ0v) is 15.9. The number of carboxylic acids is 1. The number of carboxylic acid groups (broad SMARTS) is 1. The fourth-order valence-corrected chi connectivity index (χ4v) is 2.37. The Labute approximate surface area is 163 Å². The fourth-order valence-electron chi connectivity index (χ4n) is 2.37. The molecule has 0 aliphatic rings. The van der Waals surface area contributed by atoms with Crippen LogP contribution in [0, 0.1) is 5.92 Å². The van der Waals surface area contributed by atoms with Crippen molar-refractivity contribution >= 4 is 23.8 Å². The van der Waals surface area contributed by atoms with Gasteiger partial charge in [-0.05, 0) is 19.4 Å². The lowest BCUT2D eigenvalue weighted by Crippen LogP contribution is -2.50. The first-order valence-corrected chi connectivity index (χ1v) is 8.85. The number of esters is 2. The molecule has 0 radical (unpaired) electrons. The summed E-state index contributed by atoms with van der Waals surface area (Å²) in [6.07, 6.45) is -0.533. The van der Waals surface area contributed by atoms with Crippen molar-refractivity contribution in [2.45, 2.75) is 32.9 Å². The second-order valence-electron chi connectivity index (χ2n) is 5.73. The molecule has 1 amide bonds. The van der Waals surface area contributed by atoms with E-state index in [1.807, 2.05) is 30.3 Å². The number of aliphatic carboxylic acids is 1. The van der Waals surface area contributed by atoms with Crippen molar-refractivity contribution in [1.82, 2.24) is 5.32 Å². The third kappa shape index (κ3) is 8.17. The standard InChI is InChI=1S/C19H25NO8/c1-3-27-16(22)10-14(19(25)28-4-2)17(18(23)24)20-15(21)12-26-11-13-8-6-5-7-9-13/h5-9,14,17H,3-4,10-12H2,1-2H3,(H,20,21)(H,23,24)/t14-,17-/m1/s1. The molecule has 28 heavy (non-hydrogen) atoms. The molecule has 0 spiro atoms. The lowest BCUT2D eigenvalue weighted by Gasteiger charge is -2.22. The molecule has 0 aliphatic heterocycles. The monoisotopic (exact) mass is 395 g/mol. The largest absolute Gasteiger partial charge is 0.480 e. The first kappa shape index (κ1) is 23.1. The molecule has 154 valence electrons. The van der Waals surface area contributed by atoms with Gasteiger partial charge >= 0.3 is 17.9 Å². The normalized spacial score (nSPS) is 12.5. The van der Waals surface area contributed by atoms with E-state index in [2.05, 4.69) is 5.32 Å². The van der Waals surface area contributed by atoms with E-state index in [9.17, 15) is 24.3 Å². The summed E-state index contributed by atoms with van der Waals surface area (Å²) in [5, 5.41) is 11.7. The molecule has 2 atom stereocenters. The Kier molecular flexibility index (Phi) is 10.3. The maximum absolute atomic E-state index is 12.1. The quantitative estimate of drug-likeness (QED) is 0.500. The second-order valence-corrected chi connectivity index (χ2v) is 5.73. The lowest BCUT2D eigenvalue weighted by atomic mass is 9.96. The first-order valence-electron chi connectivity index (χ1n) is 8.85. The van der Waals surface area contributed by atoms with E-state index < -0.39 is 48.8 Å². The Morgan fingerprint density at radius 1 is 1.04 bits per heavy atom. The van der Waals surface area contributed by atoms with Crippen LogP contribution < -0.4 is 5.32 Å². The summed E-state index contributed by atoms with van der Waals surface area (Å²) in [6.45, 7) is 2.96. The van der Waals surface area contributed by atoms with Gasteiger partial charge < -0.3 is 24.6 Å². The molecule has 0 bridgehead atoms. The summed E-state index contributed by atoms with van der Waals surface area (Å²) in [5.41, 5.74) is 0.844. The SMILES string of the molecule is CCOC(=O)C[C@@H](C(=O)OCC)[C@@H](NC(=O)COCc1ccccc1)C(=O)O. The molecule has 1 aromatic carbocycles. The molecular weight excluding hydrogens is 370 g/mol. The highest BCUT2D eigenvalue weighted by Gasteiger charge is 2.38. The summed E-state index contributed by atoms with van der Waals surface area (Å²) in [5.74, 6) is -5.30. The minimum Gasteiger partial charge on any atom is -0.480 e. The molecule has 0 aromatic heterocycles. The van der Waals surface area contributed by atoms with Crippen LogP contribution in [0.15, 0.2) is 30.3 Å². The molecule has 2 N–H and O–H groups in total. The average molecular weight is 395 g/mol. The summed E-state index contributed by atoms with van der Waals surface area (Å²) in [4.78, 5) is 47.6. The number of rotatable bonds is 12. The Morgan fingerprint density at radius 3 is 2.25 bits per heavy atom. The molecule has 0 saturated heterocycles. The van der Waals surface area contributed by atoms with E-state index in [-0.39, 0.29) is 19.8 Å². The van der Waals surface area contributed by atoms with E-state index in [0.29, 0.717) is 0 Å². The molecule has 0 fully saturated rings. The number of benzene rings is 1. The number of hydrogen-bond acceptors (Lipinski definition) is 7. The van der Waals surface area contributed by atoms with Gasteiger partial charge in [0.15, 0.2) is 0 Å². The van der Waals surface area contributed by atoms with Crippen LogP contribution in [0.25, 0.3) is 0 Å². The van der Waals surface area contributed by atoms with Crippen LogP contribution in [0.1, 0.15) is 25.8 Å². The van der Waals surface area contributed by atoms with E-state index in [1.54, 1.807) is 13.8 Å². The number of nitrogens with one attached hydrogen (secondary N) is 1. The number of ether oxygens (including phenoxy) is 3. The maximum atomic E-state index is 12.1. The van der Waals surface area contributed by atoms with Crippen molar-refractivity contribution < 1.29 is 38.5 Å². The number of carbonyl (C=O) groups excluding carboxylic acids is 3. The van der Waals surface area contributed by atoms with Gasteiger partial charge in [0.2, 0.25) is 5.91 Å². The topological polar surface area (TPSA) is 128 Å². The number of hydrogen-bond donors (Lipinski definition) is 2. The molecule has 0 aliphatic carbocycles. The minimum atomic E-state index is -1.66. The van der Waals surface area contributed by atoms with Crippen LogP contribution in [-0.2, 0) is 40.0 Å². The molecule has 0 unspecified atom stereocenters. The van der Waals surface area contributed by atoms with Gasteiger partial charge in [0, 0.05) is 0 Å². The summed E-state index contributed by atoms with van der Waals surface area (Å²) in [7, 11) is 0. The molecule has 9 nitrogen and oxygen atoms in total. The number of amides is 1. The average Bonchev–Trinajstić information content (AvgIpc) is 2.65. The van der Waals surface area contributed by atoms with E-state index >= 15 is 0 Å². The van der Waals surface area contributed by atoms with Gasteiger partial charge in [-0.15, -0.1) is 0 Å². The van der Waals surface area contributed by atoms with Gasteiger partial charge in [0.25, 0.3) is 0 Å². The van der Waals surface area contributed by atoms with E-state index in [1.165, 1.54) is 0 Å². The zero-order valence-electron chi connectivity index (χ0n) is 15.9. The van der Waals surface area contributed by atoms with Gasteiger partial charge in [0.1, 0.15) is 12.6 Å². The zero-order chi connectivity index (χ0) is 20.9. The predicted octanol–water partition coefficient (Wildman–Crippen LogP) is 0.905. The maximum Gasteiger partial charge on any atom is 0.327 e. The first-order chi connectivity index (χ1) is 13.4. The molecule has 9 heteroatoms. The lowest BCUT2D eigenvalue weighted by molar-refractivity contribution is -0.160. The van der Waals surface area contributed by atoms with Gasteiger partial charge in [0.05, 0.1) is 32.2 Å². The predicted molar refractivity (Wildman–Crippen MR) is 97.0 cm³/mol. The van der Waals surface area contributed by atoms with Crippen LogP contribution in [0.4, 0.5) is 0 Å². The highest BCUT2D eigenvalue weighted by atomic mass is 16.5. The second kappa shape index (κ2) is 12.4.